The van der Waals surface area contributed by atoms with Crippen LogP contribution in [0.5, 0.6) is 0 Å². The molecule has 0 spiro atoms. The highest BCUT2D eigenvalue weighted by Gasteiger charge is 2.36. The zero-order valence-corrected chi connectivity index (χ0v) is 13.4. The quantitative estimate of drug-likeness (QED) is 0.654. The van der Waals surface area contributed by atoms with Gasteiger partial charge in [0.05, 0.1) is 23.7 Å². The zero-order chi connectivity index (χ0) is 18.0. The second kappa shape index (κ2) is 6.72. The molecule has 0 saturated carbocycles. The van der Waals surface area contributed by atoms with Gasteiger partial charge in [0.25, 0.3) is 0 Å². The van der Waals surface area contributed by atoms with E-state index in [0.29, 0.717) is 17.3 Å². The Morgan fingerprint density at radius 2 is 1.92 bits per heavy atom. The molecule has 0 saturated heterocycles. The number of aliphatic hydroxyl groups is 1. The number of hydrogen-bond donors (Lipinski definition) is 3. The van der Waals surface area contributed by atoms with Gasteiger partial charge in [-0.15, -0.1) is 0 Å². The Morgan fingerprint density at radius 3 is 2.60 bits per heavy atom. The summed E-state index contributed by atoms with van der Waals surface area (Å²) in [5.41, 5.74) is -0.328. The maximum absolute atomic E-state index is 13.4. The predicted molar refractivity (Wildman–Crippen MR) is 89.1 cm³/mol. The van der Waals surface area contributed by atoms with Gasteiger partial charge >= 0.3 is 6.18 Å². The fourth-order valence-electron chi connectivity index (χ4n) is 2.58. The van der Waals surface area contributed by atoms with Crippen LogP contribution in [0.2, 0.25) is 0 Å². The van der Waals surface area contributed by atoms with Crippen LogP contribution >= 0.6 is 0 Å². The van der Waals surface area contributed by atoms with E-state index in [1.807, 2.05) is 6.92 Å². The number of hydrogen-bond acceptors (Lipinski definition) is 4. The summed E-state index contributed by atoms with van der Waals surface area (Å²) in [5, 5.41) is 19.5. The lowest BCUT2D eigenvalue weighted by Gasteiger charge is -2.17. The van der Waals surface area contributed by atoms with Gasteiger partial charge in [0, 0.05) is 5.39 Å². The third-order valence-electron chi connectivity index (χ3n) is 3.96. The molecule has 3 N–H and O–H groups in total. The lowest BCUT2D eigenvalue weighted by atomic mass is 10.1. The minimum absolute atomic E-state index is 0.139. The molecular weight excluding hydrogens is 333 g/mol. The Kier molecular flexibility index (Phi) is 4.63. The van der Waals surface area contributed by atoms with Crippen molar-refractivity contribution in [3.05, 3.63) is 42.0 Å². The van der Waals surface area contributed by atoms with E-state index in [4.69, 9.17) is 0 Å². The summed E-state index contributed by atoms with van der Waals surface area (Å²) < 4.78 is 40.3. The molecular formula is C17H17F3N4O. The number of aromatic amines is 1. The summed E-state index contributed by atoms with van der Waals surface area (Å²) in [4.78, 5) is 4.14. The number of nitrogens with zero attached hydrogens (tertiary/aromatic N) is 2. The maximum atomic E-state index is 13.4. The third-order valence-corrected chi connectivity index (χ3v) is 3.96. The van der Waals surface area contributed by atoms with Crippen molar-refractivity contribution in [1.29, 1.82) is 0 Å². The first-order valence-corrected chi connectivity index (χ1v) is 7.83. The summed E-state index contributed by atoms with van der Waals surface area (Å²) in [6.45, 7) is 1.72. The predicted octanol–water partition coefficient (Wildman–Crippen LogP) is 3.83. The number of benzene rings is 1. The number of halogens is 3. The van der Waals surface area contributed by atoms with Gasteiger partial charge in [0.15, 0.2) is 0 Å². The second-order valence-corrected chi connectivity index (χ2v) is 5.64. The summed E-state index contributed by atoms with van der Waals surface area (Å²) in [6, 6.07) is 8.90. The molecule has 2 aromatic heterocycles. The molecule has 25 heavy (non-hydrogen) atoms. The van der Waals surface area contributed by atoms with Gasteiger partial charge in [-0.3, -0.25) is 5.10 Å². The van der Waals surface area contributed by atoms with Crippen LogP contribution in [0.25, 0.3) is 22.3 Å². The molecule has 1 aromatic carbocycles. The number of aliphatic hydroxyl groups excluding tert-OH is 1. The number of H-pyrrole nitrogens is 1. The standard InChI is InChI=1S/C17H17F3N4O/c1-2-10(9-25)21-14-8-7-12(17(18,19)20)16(22-14)15-11-5-3-4-6-13(11)23-24-15/h3-8,10,25H,2,9H2,1H3,(H,21,22)(H,23,24)/t10-/m1/s1. The summed E-state index contributed by atoms with van der Waals surface area (Å²) in [5.74, 6) is 0.260. The molecule has 0 amide bonds. The molecule has 3 aromatic rings. The Morgan fingerprint density at radius 1 is 1.16 bits per heavy atom. The van der Waals surface area contributed by atoms with Crippen molar-refractivity contribution in [2.24, 2.45) is 0 Å². The van der Waals surface area contributed by atoms with Crippen LogP contribution in [0, 0.1) is 0 Å². The Bertz CT molecular complexity index is 872. The summed E-state index contributed by atoms with van der Waals surface area (Å²) >= 11 is 0. The van der Waals surface area contributed by atoms with Crippen molar-refractivity contribution in [2.75, 3.05) is 11.9 Å². The van der Waals surface area contributed by atoms with Crippen molar-refractivity contribution in [3.63, 3.8) is 0 Å². The highest BCUT2D eigenvalue weighted by atomic mass is 19.4. The van der Waals surface area contributed by atoms with E-state index < -0.39 is 11.7 Å². The molecule has 132 valence electrons. The monoisotopic (exact) mass is 350 g/mol. The number of rotatable bonds is 5. The van der Waals surface area contributed by atoms with E-state index in [1.54, 1.807) is 24.3 Å². The molecule has 0 aliphatic heterocycles. The van der Waals surface area contributed by atoms with E-state index >= 15 is 0 Å². The average molecular weight is 350 g/mol. The van der Waals surface area contributed by atoms with Crippen LogP contribution in [0.3, 0.4) is 0 Å². The molecule has 0 bridgehead atoms. The van der Waals surface area contributed by atoms with E-state index in [9.17, 15) is 18.3 Å². The van der Waals surface area contributed by atoms with Gasteiger partial charge < -0.3 is 10.4 Å². The number of alkyl halides is 3. The summed E-state index contributed by atoms with van der Waals surface area (Å²) in [6.07, 6.45) is -3.94. The van der Waals surface area contributed by atoms with Crippen LogP contribution in [-0.2, 0) is 6.18 Å². The van der Waals surface area contributed by atoms with Gasteiger partial charge in [-0.25, -0.2) is 4.98 Å². The highest BCUT2D eigenvalue weighted by molar-refractivity contribution is 5.92. The van der Waals surface area contributed by atoms with Gasteiger partial charge in [-0.2, -0.15) is 18.3 Å². The van der Waals surface area contributed by atoms with Gasteiger partial charge in [-0.05, 0) is 24.6 Å². The first kappa shape index (κ1) is 17.2. The molecule has 0 aliphatic carbocycles. The molecule has 0 fully saturated rings. The number of anilines is 1. The summed E-state index contributed by atoms with van der Waals surface area (Å²) in [7, 11) is 0. The van der Waals surface area contributed by atoms with Crippen LogP contribution in [-0.4, -0.2) is 32.9 Å². The molecule has 0 radical (unpaired) electrons. The smallest absolute Gasteiger partial charge is 0.394 e. The van der Waals surface area contributed by atoms with Crippen molar-refractivity contribution >= 4 is 16.7 Å². The molecule has 0 unspecified atom stereocenters. The molecule has 5 nitrogen and oxygen atoms in total. The van der Waals surface area contributed by atoms with Gasteiger partial charge in [0.2, 0.25) is 0 Å². The van der Waals surface area contributed by atoms with Crippen molar-refractivity contribution in [1.82, 2.24) is 15.2 Å². The van der Waals surface area contributed by atoms with Crippen molar-refractivity contribution in [2.45, 2.75) is 25.6 Å². The van der Waals surface area contributed by atoms with Crippen molar-refractivity contribution < 1.29 is 18.3 Å². The molecule has 1 atom stereocenters. The van der Waals surface area contributed by atoms with Crippen molar-refractivity contribution in [3.8, 4) is 11.4 Å². The molecule has 3 rings (SSSR count). The van der Waals surface area contributed by atoms with Crippen LogP contribution < -0.4 is 5.32 Å². The van der Waals surface area contributed by atoms with E-state index in [2.05, 4.69) is 20.5 Å². The number of para-hydroxylation sites is 1. The maximum Gasteiger partial charge on any atom is 0.418 e. The number of nitrogens with one attached hydrogen (secondary N) is 2. The fourth-order valence-corrected chi connectivity index (χ4v) is 2.58. The number of fused-ring (bicyclic) bond motifs is 1. The SMILES string of the molecule is CC[C@H](CO)Nc1ccc(C(F)(F)F)c(-c2n[nH]c3ccccc23)n1. The Labute approximate surface area is 141 Å². The van der Waals surface area contributed by atoms with Crippen LogP contribution in [0.15, 0.2) is 36.4 Å². The van der Waals surface area contributed by atoms with Crippen LogP contribution in [0.4, 0.5) is 19.0 Å². The van der Waals surface area contributed by atoms with E-state index in [-0.39, 0.29) is 29.9 Å². The first-order chi connectivity index (χ1) is 11.9. The minimum atomic E-state index is -4.55. The Hall–Kier alpha value is -2.61. The van der Waals surface area contributed by atoms with E-state index in [0.717, 1.165) is 6.07 Å². The van der Waals surface area contributed by atoms with Crippen LogP contribution in [0.1, 0.15) is 18.9 Å². The average Bonchev–Trinajstić information content (AvgIpc) is 3.02. The largest absolute Gasteiger partial charge is 0.418 e. The van der Waals surface area contributed by atoms with E-state index in [1.165, 1.54) is 6.07 Å². The van der Waals surface area contributed by atoms with Gasteiger partial charge in [0.1, 0.15) is 17.2 Å². The number of pyridine rings is 1. The number of aromatic nitrogens is 3. The zero-order valence-electron chi connectivity index (χ0n) is 13.4. The lowest BCUT2D eigenvalue weighted by Crippen LogP contribution is -2.23. The fraction of sp³-hybridized carbons (Fsp3) is 0.294. The topological polar surface area (TPSA) is 73.8 Å². The lowest BCUT2D eigenvalue weighted by molar-refractivity contribution is -0.137. The molecule has 2 heterocycles. The van der Waals surface area contributed by atoms with Gasteiger partial charge in [-0.1, -0.05) is 25.1 Å². The molecule has 0 aliphatic rings. The highest BCUT2D eigenvalue weighted by Crippen LogP contribution is 2.38. The second-order valence-electron chi connectivity index (χ2n) is 5.64. The normalized spacial score (nSPS) is 13.2. The first-order valence-electron chi connectivity index (χ1n) is 7.83. The molecule has 8 heteroatoms. The third kappa shape index (κ3) is 3.43. The minimum Gasteiger partial charge on any atom is -0.394 e. The Balaban J connectivity index is 2.14.